The molecule has 1 aromatic rings. The SMILES string of the molecule is COCC1CCN(Cc2ccnc(CN)c2)CC1. The van der Waals surface area contributed by atoms with Crippen LogP contribution in [0.3, 0.4) is 0 Å². The van der Waals surface area contributed by atoms with Gasteiger partial charge in [0, 0.05) is 33.0 Å². The molecular weight excluding hydrogens is 226 g/mol. The van der Waals surface area contributed by atoms with Crippen molar-refractivity contribution in [3.8, 4) is 0 Å². The molecule has 4 nitrogen and oxygen atoms in total. The molecule has 1 aliphatic rings. The van der Waals surface area contributed by atoms with Gasteiger partial charge < -0.3 is 10.5 Å². The minimum absolute atomic E-state index is 0.518. The van der Waals surface area contributed by atoms with Gasteiger partial charge in [-0.1, -0.05) is 0 Å². The van der Waals surface area contributed by atoms with Gasteiger partial charge in [0.2, 0.25) is 0 Å². The Morgan fingerprint density at radius 3 is 2.89 bits per heavy atom. The Morgan fingerprint density at radius 2 is 2.22 bits per heavy atom. The molecule has 0 saturated carbocycles. The van der Waals surface area contributed by atoms with Crippen LogP contribution in [0.25, 0.3) is 0 Å². The Labute approximate surface area is 109 Å². The van der Waals surface area contributed by atoms with E-state index in [1.165, 1.54) is 18.4 Å². The summed E-state index contributed by atoms with van der Waals surface area (Å²) in [5.41, 5.74) is 7.90. The summed E-state index contributed by atoms with van der Waals surface area (Å²) in [5.74, 6) is 0.739. The van der Waals surface area contributed by atoms with Gasteiger partial charge in [0.05, 0.1) is 5.69 Å². The smallest absolute Gasteiger partial charge is 0.0542 e. The number of hydrogen-bond acceptors (Lipinski definition) is 4. The maximum atomic E-state index is 5.61. The van der Waals surface area contributed by atoms with Crippen LogP contribution in [0.2, 0.25) is 0 Å². The van der Waals surface area contributed by atoms with Gasteiger partial charge in [-0.25, -0.2) is 0 Å². The van der Waals surface area contributed by atoms with Crippen LogP contribution in [0, 0.1) is 5.92 Å². The lowest BCUT2D eigenvalue weighted by Gasteiger charge is -2.31. The monoisotopic (exact) mass is 249 g/mol. The number of piperidine rings is 1. The zero-order valence-corrected chi connectivity index (χ0v) is 11.1. The Kier molecular flexibility index (Phi) is 5.11. The van der Waals surface area contributed by atoms with Crippen molar-refractivity contribution in [2.75, 3.05) is 26.8 Å². The first-order chi connectivity index (χ1) is 8.81. The molecule has 1 fully saturated rings. The van der Waals surface area contributed by atoms with E-state index in [-0.39, 0.29) is 0 Å². The average molecular weight is 249 g/mol. The third-order valence-electron chi connectivity index (χ3n) is 3.61. The van der Waals surface area contributed by atoms with E-state index >= 15 is 0 Å². The summed E-state index contributed by atoms with van der Waals surface area (Å²) in [6, 6.07) is 4.20. The fourth-order valence-electron chi connectivity index (χ4n) is 2.54. The van der Waals surface area contributed by atoms with E-state index in [1.54, 1.807) is 7.11 Å². The van der Waals surface area contributed by atoms with Crippen LogP contribution in [-0.4, -0.2) is 36.7 Å². The van der Waals surface area contributed by atoms with Crippen LogP contribution in [0.1, 0.15) is 24.1 Å². The van der Waals surface area contributed by atoms with Crippen molar-refractivity contribution < 1.29 is 4.74 Å². The number of nitrogens with zero attached hydrogens (tertiary/aromatic N) is 2. The molecule has 4 heteroatoms. The van der Waals surface area contributed by atoms with Gasteiger partial charge >= 0.3 is 0 Å². The molecule has 0 amide bonds. The second-order valence-corrected chi connectivity index (χ2v) is 5.03. The van der Waals surface area contributed by atoms with Crippen LogP contribution in [0.15, 0.2) is 18.3 Å². The zero-order valence-electron chi connectivity index (χ0n) is 11.1. The Hall–Kier alpha value is -0.970. The standard InChI is InChI=1S/C14H23N3O/c1-18-11-12-3-6-17(7-4-12)10-13-2-5-16-14(8-13)9-15/h2,5,8,12H,3-4,6-7,9-11,15H2,1H3. The van der Waals surface area contributed by atoms with Crippen LogP contribution in [0.5, 0.6) is 0 Å². The predicted octanol–water partition coefficient (Wildman–Crippen LogP) is 1.40. The number of ether oxygens (including phenoxy) is 1. The summed E-state index contributed by atoms with van der Waals surface area (Å²) in [7, 11) is 1.79. The predicted molar refractivity (Wildman–Crippen MR) is 72.0 cm³/mol. The molecule has 0 radical (unpaired) electrons. The lowest BCUT2D eigenvalue weighted by atomic mass is 9.97. The molecule has 1 aliphatic heterocycles. The molecule has 0 unspecified atom stereocenters. The Bertz CT molecular complexity index is 362. The Balaban J connectivity index is 1.83. The average Bonchev–Trinajstić information content (AvgIpc) is 2.42. The van der Waals surface area contributed by atoms with Crippen molar-refractivity contribution in [3.05, 3.63) is 29.6 Å². The molecule has 2 rings (SSSR count). The highest BCUT2D eigenvalue weighted by Gasteiger charge is 2.18. The number of likely N-dealkylation sites (tertiary alicyclic amines) is 1. The summed E-state index contributed by atoms with van der Waals surface area (Å²) in [6.07, 6.45) is 4.33. The number of methoxy groups -OCH3 is 1. The minimum atomic E-state index is 0.518. The number of aromatic nitrogens is 1. The fraction of sp³-hybridized carbons (Fsp3) is 0.643. The van der Waals surface area contributed by atoms with Crippen molar-refractivity contribution in [3.63, 3.8) is 0 Å². The first-order valence-electron chi connectivity index (χ1n) is 6.67. The first kappa shape index (κ1) is 13.5. The highest BCUT2D eigenvalue weighted by Crippen LogP contribution is 2.19. The third-order valence-corrected chi connectivity index (χ3v) is 3.61. The van der Waals surface area contributed by atoms with Gasteiger partial charge in [-0.15, -0.1) is 0 Å². The van der Waals surface area contributed by atoms with Crippen LogP contribution in [0.4, 0.5) is 0 Å². The summed E-state index contributed by atoms with van der Waals surface area (Å²) >= 11 is 0. The summed E-state index contributed by atoms with van der Waals surface area (Å²) in [6.45, 7) is 4.75. The zero-order chi connectivity index (χ0) is 12.8. The molecule has 1 saturated heterocycles. The van der Waals surface area contributed by atoms with Crippen LogP contribution >= 0.6 is 0 Å². The summed E-state index contributed by atoms with van der Waals surface area (Å²) in [5, 5.41) is 0. The van der Waals surface area contributed by atoms with E-state index in [9.17, 15) is 0 Å². The quantitative estimate of drug-likeness (QED) is 0.857. The topological polar surface area (TPSA) is 51.4 Å². The molecule has 0 aromatic carbocycles. The molecule has 18 heavy (non-hydrogen) atoms. The number of hydrogen-bond donors (Lipinski definition) is 1. The van der Waals surface area contributed by atoms with Gasteiger partial charge in [0.15, 0.2) is 0 Å². The van der Waals surface area contributed by atoms with Crippen LogP contribution in [-0.2, 0) is 17.8 Å². The normalized spacial score (nSPS) is 18.1. The highest BCUT2D eigenvalue weighted by atomic mass is 16.5. The number of pyridine rings is 1. The second kappa shape index (κ2) is 6.83. The Morgan fingerprint density at radius 1 is 1.44 bits per heavy atom. The molecular formula is C14H23N3O. The van der Waals surface area contributed by atoms with Gasteiger partial charge in [0.25, 0.3) is 0 Å². The molecule has 0 aliphatic carbocycles. The van der Waals surface area contributed by atoms with E-state index in [2.05, 4.69) is 22.0 Å². The molecule has 0 bridgehead atoms. The van der Waals surface area contributed by atoms with E-state index in [0.717, 1.165) is 37.9 Å². The molecule has 0 atom stereocenters. The van der Waals surface area contributed by atoms with Crippen LogP contribution < -0.4 is 5.73 Å². The molecule has 100 valence electrons. The largest absolute Gasteiger partial charge is 0.384 e. The minimum Gasteiger partial charge on any atom is -0.384 e. The van der Waals surface area contributed by atoms with Crippen molar-refractivity contribution in [1.29, 1.82) is 0 Å². The first-order valence-corrected chi connectivity index (χ1v) is 6.67. The lowest BCUT2D eigenvalue weighted by molar-refractivity contribution is 0.0968. The number of nitrogens with two attached hydrogens (primary N) is 1. The molecule has 2 heterocycles. The van der Waals surface area contributed by atoms with Gasteiger partial charge in [0.1, 0.15) is 0 Å². The fourth-order valence-corrected chi connectivity index (χ4v) is 2.54. The summed E-state index contributed by atoms with van der Waals surface area (Å²) < 4.78 is 5.22. The van der Waals surface area contributed by atoms with Crippen molar-refractivity contribution in [2.45, 2.75) is 25.9 Å². The van der Waals surface area contributed by atoms with Gasteiger partial charge in [-0.05, 0) is 49.5 Å². The van der Waals surface area contributed by atoms with E-state index in [0.29, 0.717) is 6.54 Å². The van der Waals surface area contributed by atoms with Crippen molar-refractivity contribution in [1.82, 2.24) is 9.88 Å². The summed E-state index contributed by atoms with van der Waals surface area (Å²) in [4.78, 5) is 6.73. The van der Waals surface area contributed by atoms with Crippen molar-refractivity contribution >= 4 is 0 Å². The molecule has 0 spiro atoms. The molecule has 1 aromatic heterocycles. The molecule has 2 N–H and O–H groups in total. The lowest BCUT2D eigenvalue weighted by Crippen LogP contribution is -2.34. The van der Waals surface area contributed by atoms with Gasteiger partial charge in [-0.3, -0.25) is 9.88 Å². The van der Waals surface area contributed by atoms with E-state index in [4.69, 9.17) is 10.5 Å². The second-order valence-electron chi connectivity index (χ2n) is 5.03. The number of rotatable bonds is 5. The van der Waals surface area contributed by atoms with Gasteiger partial charge in [-0.2, -0.15) is 0 Å². The van der Waals surface area contributed by atoms with E-state index in [1.807, 2.05) is 6.20 Å². The third kappa shape index (κ3) is 3.77. The van der Waals surface area contributed by atoms with Crippen molar-refractivity contribution in [2.24, 2.45) is 11.7 Å². The highest BCUT2D eigenvalue weighted by molar-refractivity contribution is 5.16. The van der Waals surface area contributed by atoms with E-state index < -0.39 is 0 Å². The maximum Gasteiger partial charge on any atom is 0.0542 e. The maximum absolute atomic E-state index is 5.61.